The van der Waals surface area contributed by atoms with E-state index in [1.165, 1.54) is 6.42 Å². The second kappa shape index (κ2) is 5.09. The number of piperidine rings is 1. The maximum absolute atomic E-state index is 5.86. The van der Waals surface area contributed by atoms with E-state index in [-0.39, 0.29) is 0 Å². The smallest absolute Gasteiger partial charge is 0.180 e. The fraction of sp³-hybridized carbons (Fsp3) is 0.500. The van der Waals surface area contributed by atoms with E-state index in [1.54, 1.807) is 12.4 Å². The molecule has 0 aliphatic carbocycles. The molecule has 2 N–H and O–H groups in total. The quantitative estimate of drug-likeness (QED) is 0.882. The summed E-state index contributed by atoms with van der Waals surface area (Å²) in [6.45, 7) is 5.05. The van der Waals surface area contributed by atoms with Crippen LogP contribution in [0.25, 0.3) is 11.2 Å². The second-order valence-corrected chi connectivity index (χ2v) is 5.28. The average Bonchev–Trinajstić information content (AvgIpc) is 2.47. The van der Waals surface area contributed by atoms with Crippen LogP contribution in [0, 0.1) is 11.8 Å². The standard InChI is InChI=1S/C14H19N5/c1-10-4-7-19(9-11(10)8-15)13-3-2-12-14(18-13)17-6-5-16-12/h2-3,5-6,10-11H,4,7-9,15H2,1H3. The van der Waals surface area contributed by atoms with Crippen molar-refractivity contribution in [1.29, 1.82) is 0 Å². The molecule has 3 heterocycles. The molecular formula is C14H19N5. The molecule has 3 rings (SSSR count). The first-order chi connectivity index (χ1) is 9.28. The molecule has 19 heavy (non-hydrogen) atoms. The molecule has 1 aliphatic rings. The van der Waals surface area contributed by atoms with Crippen LogP contribution < -0.4 is 10.6 Å². The lowest BCUT2D eigenvalue weighted by Crippen LogP contribution is -2.43. The van der Waals surface area contributed by atoms with Crippen LogP contribution in [-0.4, -0.2) is 34.6 Å². The van der Waals surface area contributed by atoms with Gasteiger partial charge in [-0.3, -0.25) is 4.98 Å². The van der Waals surface area contributed by atoms with Crippen LogP contribution in [0.3, 0.4) is 0 Å². The van der Waals surface area contributed by atoms with Gasteiger partial charge >= 0.3 is 0 Å². The topological polar surface area (TPSA) is 67.9 Å². The normalized spacial score (nSPS) is 23.8. The van der Waals surface area contributed by atoms with Crippen molar-refractivity contribution in [2.75, 3.05) is 24.5 Å². The number of fused-ring (bicyclic) bond motifs is 1. The minimum atomic E-state index is 0.549. The number of hydrogen-bond donors (Lipinski definition) is 1. The van der Waals surface area contributed by atoms with Crippen LogP contribution in [0.5, 0.6) is 0 Å². The summed E-state index contributed by atoms with van der Waals surface area (Å²) in [6, 6.07) is 4.01. The number of pyridine rings is 1. The Labute approximate surface area is 112 Å². The van der Waals surface area contributed by atoms with Crippen LogP contribution in [0.2, 0.25) is 0 Å². The van der Waals surface area contributed by atoms with E-state index in [0.29, 0.717) is 17.5 Å². The summed E-state index contributed by atoms with van der Waals surface area (Å²) in [5, 5.41) is 0. The summed E-state index contributed by atoms with van der Waals surface area (Å²) in [6.07, 6.45) is 4.54. The molecule has 5 nitrogen and oxygen atoms in total. The lowest BCUT2D eigenvalue weighted by Gasteiger charge is -2.37. The molecule has 100 valence electrons. The van der Waals surface area contributed by atoms with Crippen molar-refractivity contribution in [1.82, 2.24) is 15.0 Å². The summed E-state index contributed by atoms with van der Waals surface area (Å²) in [5.41, 5.74) is 7.41. The molecule has 0 aromatic carbocycles. The summed E-state index contributed by atoms with van der Waals surface area (Å²) in [4.78, 5) is 15.4. The van der Waals surface area contributed by atoms with Gasteiger partial charge in [0, 0.05) is 25.5 Å². The molecule has 0 bridgehead atoms. The van der Waals surface area contributed by atoms with Gasteiger partial charge < -0.3 is 10.6 Å². The van der Waals surface area contributed by atoms with Crippen LogP contribution in [0.1, 0.15) is 13.3 Å². The van der Waals surface area contributed by atoms with E-state index >= 15 is 0 Å². The molecule has 1 aliphatic heterocycles. The van der Waals surface area contributed by atoms with E-state index in [4.69, 9.17) is 5.73 Å². The number of rotatable bonds is 2. The van der Waals surface area contributed by atoms with Crippen molar-refractivity contribution in [2.24, 2.45) is 17.6 Å². The largest absolute Gasteiger partial charge is 0.356 e. The van der Waals surface area contributed by atoms with Gasteiger partial charge in [0.25, 0.3) is 0 Å². The zero-order valence-electron chi connectivity index (χ0n) is 11.2. The Morgan fingerprint density at radius 3 is 3.00 bits per heavy atom. The molecule has 5 heteroatoms. The number of anilines is 1. The van der Waals surface area contributed by atoms with Crippen molar-refractivity contribution in [3.05, 3.63) is 24.5 Å². The van der Waals surface area contributed by atoms with E-state index in [2.05, 4.69) is 26.8 Å². The van der Waals surface area contributed by atoms with Crippen LogP contribution >= 0.6 is 0 Å². The zero-order chi connectivity index (χ0) is 13.2. The van der Waals surface area contributed by atoms with Crippen molar-refractivity contribution in [2.45, 2.75) is 13.3 Å². The highest BCUT2D eigenvalue weighted by Gasteiger charge is 2.25. The first-order valence-electron chi connectivity index (χ1n) is 6.80. The van der Waals surface area contributed by atoms with Gasteiger partial charge in [-0.05, 0) is 36.9 Å². The van der Waals surface area contributed by atoms with Gasteiger partial charge in [-0.1, -0.05) is 6.92 Å². The fourth-order valence-corrected chi connectivity index (χ4v) is 2.68. The number of nitrogens with two attached hydrogens (primary N) is 1. The summed E-state index contributed by atoms with van der Waals surface area (Å²) < 4.78 is 0. The molecule has 2 aromatic rings. The van der Waals surface area contributed by atoms with Crippen molar-refractivity contribution < 1.29 is 0 Å². The minimum absolute atomic E-state index is 0.549. The van der Waals surface area contributed by atoms with Crippen molar-refractivity contribution in [3.63, 3.8) is 0 Å². The minimum Gasteiger partial charge on any atom is -0.356 e. The van der Waals surface area contributed by atoms with Gasteiger partial charge in [-0.15, -0.1) is 0 Å². The van der Waals surface area contributed by atoms with Crippen LogP contribution in [0.15, 0.2) is 24.5 Å². The Morgan fingerprint density at radius 1 is 1.32 bits per heavy atom. The van der Waals surface area contributed by atoms with Crippen molar-refractivity contribution >= 4 is 17.0 Å². The molecule has 2 aromatic heterocycles. The first kappa shape index (κ1) is 12.3. The van der Waals surface area contributed by atoms with E-state index in [1.807, 2.05) is 12.1 Å². The Balaban J connectivity index is 1.87. The fourth-order valence-electron chi connectivity index (χ4n) is 2.68. The lowest BCUT2D eigenvalue weighted by molar-refractivity contribution is 0.307. The zero-order valence-corrected chi connectivity index (χ0v) is 11.2. The van der Waals surface area contributed by atoms with Gasteiger partial charge in [0.2, 0.25) is 0 Å². The molecule has 0 saturated carbocycles. The predicted octanol–water partition coefficient (Wildman–Crippen LogP) is 1.45. The highest BCUT2D eigenvalue weighted by atomic mass is 15.2. The SMILES string of the molecule is CC1CCN(c2ccc3nccnc3n2)CC1CN. The van der Waals surface area contributed by atoms with Gasteiger partial charge in [0.15, 0.2) is 5.65 Å². The number of nitrogens with zero attached hydrogens (tertiary/aromatic N) is 4. The maximum atomic E-state index is 5.86. The van der Waals surface area contributed by atoms with E-state index in [9.17, 15) is 0 Å². The Morgan fingerprint density at radius 2 is 2.16 bits per heavy atom. The molecule has 0 amide bonds. The Hall–Kier alpha value is -1.75. The summed E-state index contributed by atoms with van der Waals surface area (Å²) in [5.74, 6) is 2.23. The average molecular weight is 257 g/mol. The van der Waals surface area contributed by atoms with Crippen LogP contribution in [0.4, 0.5) is 5.82 Å². The third-order valence-corrected chi connectivity index (χ3v) is 4.06. The van der Waals surface area contributed by atoms with Gasteiger partial charge in [0.1, 0.15) is 11.3 Å². The van der Waals surface area contributed by atoms with Crippen LogP contribution in [-0.2, 0) is 0 Å². The Kier molecular flexibility index (Phi) is 3.29. The van der Waals surface area contributed by atoms with Gasteiger partial charge in [-0.2, -0.15) is 0 Å². The first-order valence-corrected chi connectivity index (χ1v) is 6.80. The molecule has 0 spiro atoms. The summed E-state index contributed by atoms with van der Waals surface area (Å²) >= 11 is 0. The lowest BCUT2D eigenvalue weighted by atomic mass is 9.87. The third-order valence-electron chi connectivity index (χ3n) is 4.06. The number of aromatic nitrogens is 3. The monoisotopic (exact) mass is 257 g/mol. The van der Waals surface area contributed by atoms with Gasteiger partial charge in [-0.25, -0.2) is 9.97 Å². The second-order valence-electron chi connectivity index (χ2n) is 5.28. The van der Waals surface area contributed by atoms with Crippen molar-refractivity contribution in [3.8, 4) is 0 Å². The third kappa shape index (κ3) is 2.38. The number of hydrogen-bond acceptors (Lipinski definition) is 5. The molecule has 1 saturated heterocycles. The molecule has 2 atom stereocenters. The summed E-state index contributed by atoms with van der Waals surface area (Å²) in [7, 11) is 0. The highest BCUT2D eigenvalue weighted by Crippen LogP contribution is 2.26. The van der Waals surface area contributed by atoms with E-state index in [0.717, 1.165) is 31.0 Å². The molecular weight excluding hydrogens is 238 g/mol. The Bertz CT molecular complexity index is 571. The van der Waals surface area contributed by atoms with E-state index < -0.39 is 0 Å². The highest BCUT2D eigenvalue weighted by molar-refractivity contribution is 5.71. The molecule has 1 fully saturated rings. The van der Waals surface area contributed by atoms with Gasteiger partial charge in [0.05, 0.1) is 0 Å². The predicted molar refractivity (Wildman–Crippen MR) is 75.9 cm³/mol. The molecule has 2 unspecified atom stereocenters. The maximum Gasteiger partial charge on any atom is 0.180 e. The molecule has 0 radical (unpaired) electrons.